The lowest BCUT2D eigenvalue weighted by Gasteiger charge is -2.17. The third-order valence-electron chi connectivity index (χ3n) is 6.39. The second kappa shape index (κ2) is 14.0. The number of anilines is 3. The zero-order valence-electron chi connectivity index (χ0n) is 23.7. The molecule has 1 atom stereocenters. The average Bonchev–Trinajstić information content (AvgIpc) is 2.98. The number of fused-ring (bicyclic) bond motifs is 1. The van der Waals surface area contributed by atoms with Crippen LogP contribution in [-0.2, 0) is 25.6 Å². The van der Waals surface area contributed by atoms with E-state index in [1.54, 1.807) is 62.4 Å². The highest BCUT2D eigenvalue weighted by atomic mass is 19.1. The van der Waals surface area contributed by atoms with E-state index < -0.39 is 29.7 Å². The molecule has 1 amide bonds. The van der Waals surface area contributed by atoms with E-state index in [4.69, 9.17) is 20.9 Å². The molecule has 4 rings (SSSR count). The molecule has 2 heterocycles. The number of nitrogens with two attached hydrogens (primary N) is 2. The van der Waals surface area contributed by atoms with Gasteiger partial charge in [0, 0.05) is 29.8 Å². The number of esters is 2. The smallest absolute Gasteiger partial charge is 0.328 e. The average molecular weight is 590 g/mol. The Labute approximate surface area is 247 Å². The Morgan fingerprint density at radius 2 is 1.67 bits per heavy atom. The van der Waals surface area contributed by atoms with Crippen LogP contribution in [0.2, 0.25) is 0 Å². The van der Waals surface area contributed by atoms with Crippen LogP contribution >= 0.6 is 0 Å². The fourth-order valence-electron chi connectivity index (χ4n) is 4.32. The monoisotopic (exact) mass is 589 g/mol. The van der Waals surface area contributed by atoms with Gasteiger partial charge in [-0.25, -0.2) is 14.2 Å². The first-order valence-corrected chi connectivity index (χ1v) is 13.6. The molecule has 12 nitrogen and oxygen atoms in total. The molecule has 0 radical (unpaired) electrons. The first kappa shape index (κ1) is 30.6. The van der Waals surface area contributed by atoms with Crippen molar-refractivity contribution in [3.8, 4) is 11.3 Å². The maximum absolute atomic E-state index is 14.8. The fourth-order valence-corrected chi connectivity index (χ4v) is 4.32. The van der Waals surface area contributed by atoms with Crippen LogP contribution < -0.4 is 22.1 Å². The summed E-state index contributed by atoms with van der Waals surface area (Å²) in [5.74, 6) is -1.97. The number of aromatic nitrogens is 3. The lowest BCUT2D eigenvalue weighted by Crippen LogP contribution is -2.42. The summed E-state index contributed by atoms with van der Waals surface area (Å²) >= 11 is 0. The lowest BCUT2D eigenvalue weighted by atomic mass is 10.0. The summed E-state index contributed by atoms with van der Waals surface area (Å²) in [7, 11) is 0. The maximum atomic E-state index is 14.8. The number of carbonyl (C=O) groups is 3. The molecule has 0 saturated carbocycles. The Bertz CT molecular complexity index is 1630. The minimum atomic E-state index is -1.02. The van der Waals surface area contributed by atoms with Gasteiger partial charge < -0.3 is 31.6 Å². The Balaban J connectivity index is 1.51. The van der Waals surface area contributed by atoms with Crippen LogP contribution in [0, 0.1) is 5.82 Å². The molecule has 6 N–H and O–H groups in total. The maximum Gasteiger partial charge on any atom is 0.328 e. The summed E-state index contributed by atoms with van der Waals surface area (Å²) < 4.78 is 24.7. The van der Waals surface area contributed by atoms with Crippen molar-refractivity contribution in [3.63, 3.8) is 0 Å². The Morgan fingerprint density at radius 1 is 0.953 bits per heavy atom. The minimum Gasteiger partial charge on any atom is -0.466 e. The molecule has 0 bridgehead atoms. The highest BCUT2D eigenvalue weighted by molar-refractivity contribution is 5.97. The standard InChI is InChI=1S/C30H32FN7O5/c1-3-42-24(39)14-13-23(29(41)43-4-2)35-28(40)17-9-11-19(12-10-17)34-16-18-15-21-26(32)37-30(33)38-27(21)36-25(18)20-7-5-6-8-22(20)31/h5-12,15,23,34H,3-4,13-14,16H2,1-2H3,(H,35,40)(H4,32,33,36,37,38)/t23-/m0/s1. The van der Waals surface area contributed by atoms with E-state index in [0.29, 0.717) is 22.3 Å². The number of nitrogen functional groups attached to an aromatic ring is 2. The number of nitrogens with one attached hydrogen (secondary N) is 2. The van der Waals surface area contributed by atoms with Crippen LogP contribution in [0.4, 0.5) is 21.8 Å². The molecule has 0 aliphatic carbocycles. The van der Waals surface area contributed by atoms with Crippen LogP contribution in [0.1, 0.15) is 42.6 Å². The molecule has 2 aromatic carbocycles. The molecular weight excluding hydrogens is 557 g/mol. The van der Waals surface area contributed by atoms with E-state index in [0.717, 1.165) is 0 Å². The molecule has 2 aromatic heterocycles. The molecule has 0 unspecified atom stereocenters. The predicted octanol–water partition coefficient (Wildman–Crippen LogP) is 3.61. The van der Waals surface area contributed by atoms with Crippen molar-refractivity contribution in [1.82, 2.24) is 20.3 Å². The van der Waals surface area contributed by atoms with Crippen LogP contribution in [-0.4, -0.2) is 52.1 Å². The zero-order chi connectivity index (χ0) is 30.9. The Kier molecular flexibility index (Phi) is 9.99. The van der Waals surface area contributed by atoms with Crippen molar-refractivity contribution in [2.24, 2.45) is 0 Å². The first-order valence-electron chi connectivity index (χ1n) is 13.6. The lowest BCUT2D eigenvalue weighted by molar-refractivity contribution is -0.146. The van der Waals surface area contributed by atoms with E-state index in [9.17, 15) is 18.8 Å². The van der Waals surface area contributed by atoms with E-state index in [1.807, 2.05) is 0 Å². The van der Waals surface area contributed by atoms with Crippen molar-refractivity contribution >= 4 is 46.3 Å². The number of hydrogen-bond acceptors (Lipinski definition) is 11. The number of rotatable bonds is 12. The first-order chi connectivity index (χ1) is 20.7. The van der Waals surface area contributed by atoms with Gasteiger partial charge in [-0.2, -0.15) is 9.97 Å². The van der Waals surface area contributed by atoms with Gasteiger partial charge in [0.05, 0.1) is 24.3 Å². The second-order valence-corrected chi connectivity index (χ2v) is 9.37. The van der Waals surface area contributed by atoms with Gasteiger partial charge in [-0.05, 0) is 68.3 Å². The van der Waals surface area contributed by atoms with Crippen molar-refractivity contribution in [1.29, 1.82) is 0 Å². The molecular formula is C30H32FN7O5. The number of halogens is 1. The summed E-state index contributed by atoms with van der Waals surface area (Å²) in [6.07, 6.45) is -0.0144. The van der Waals surface area contributed by atoms with Gasteiger partial charge in [-0.3, -0.25) is 9.59 Å². The summed E-state index contributed by atoms with van der Waals surface area (Å²) in [6, 6.07) is 13.5. The number of hydrogen-bond donors (Lipinski definition) is 4. The van der Waals surface area contributed by atoms with Crippen molar-refractivity contribution in [3.05, 3.63) is 71.5 Å². The molecule has 0 aliphatic heterocycles. The number of benzene rings is 2. The molecule has 13 heteroatoms. The number of nitrogens with zero attached hydrogens (tertiary/aromatic N) is 3. The summed E-state index contributed by atoms with van der Waals surface area (Å²) in [6.45, 7) is 3.91. The molecule has 0 aliphatic rings. The molecule has 4 aromatic rings. The van der Waals surface area contributed by atoms with Crippen LogP contribution in [0.3, 0.4) is 0 Å². The summed E-state index contributed by atoms with van der Waals surface area (Å²) in [5.41, 5.74) is 14.3. The molecule has 0 fully saturated rings. The van der Waals surface area contributed by atoms with Crippen LogP contribution in [0.25, 0.3) is 22.3 Å². The van der Waals surface area contributed by atoms with Gasteiger partial charge in [0.25, 0.3) is 5.91 Å². The van der Waals surface area contributed by atoms with Gasteiger partial charge in [0.15, 0.2) is 5.65 Å². The van der Waals surface area contributed by atoms with E-state index in [2.05, 4.69) is 25.6 Å². The summed E-state index contributed by atoms with van der Waals surface area (Å²) in [5, 5.41) is 6.35. The highest BCUT2D eigenvalue weighted by Gasteiger charge is 2.24. The molecule has 224 valence electrons. The van der Waals surface area contributed by atoms with Crippen LogP contribution in [0.15, 0.2) is 54.6 Å². The van der Waals surface area contributed by atoms with Gasteiger partial charge in [-0.1, -0.05) is 12.1 Å². The molecule has 0 saturated heterocycles. The normalized spacial score (nSPS) is 11.5. The number of pyridine rings is 1. The third kappa shape index (κ3) is 7.70. The van der Waals surface area contributed by atoms with Gasteiger partial charge in [0.1, 0.15) is 17.7 Å². The highest BCUT2D eigenvalue weighted by Crippen LogP contribution is 2.30. The second-order valence-electron chi connectivity index (χ2n) is 9.37. The number of carbonyl (C=O) groups excluding carboxylic acids is 3. The van der Waals surface area contributed by atoms with Gasteiger partial charge in [-0.15, -0.1) is 0 Å². The largest absolute Gasteiger partial charge is 0.466 e. The number of amides is 1. The van der Waals surface area contributed by atoms with E-state index in [1.165, 1.54) is 6.07 Å². The topological polar surface area (TPSA) is 184 Å². The molecule has 0 spiro atoms. The van der Waals surface area contributed by atoms with Crippen LogP contribution in [0.5, 0.6) is 0 Å². The SMILES string of the molecule is CCOC(=O)CC[C@H](NC(=O)c1ccc(NCc2cc3c(N)nc(N)nc3nc2-c2ccccc2F)cc1)C(=O)OCC. The van der Waals surface area contributed by atoms with Crippen molar-refractivity contribution in [2.45, 2.75) is 39.3 Å². The summed E-state index contributed by atoms with van der Waals surface area (Å²) in [4.78, 5) is 49.8. The molecule has 43 heavy (non-hydrogen) atoms. The van der Waals surface area contributed by atoms with Gasteiger partial charge >= 0.3 is 11.9 Å². The predicted molar refractivity (Wildman–Crippen MR) is 159 cm³/mol. The van der Waals surface area contributed by atoms with Crippen molar-refractivity contribution < 1.29 is 28.2 Å². The zero-order valence-corrected chi connectivity index (χ0v) is 23.7. The van der Waals surface area contributed by atoms with E-state index >= 15 is 0 Å². The number of ether oxygens (including phenoxy) is 2. The quantitative estimate of drug-likeness (QED) is 0.177. The van der Waals surface area contributed by atoms with Gasteiger partial charge in [0.2, 0.25) is 5.95 Å². The Hall–Kier alpha value is -5.33. The Morgan fingerprint density at radius 3 is 2.37 bits per heavy atom. The minimum absolute atomic E-state index is 0.0370. The van der Waals surface area contributed by atoms with Crippen molar-refractivity contribution in [2.75, 3.05) is 30.0 Å². The third-order valence-corrected chi connectivity index (χ3v) is 6.39. The van der Waals surface area contributed by atoms with E-state index in [-0.39, 0.29) is 61.1 Å². The fraction of sp³-hybridized carbons (Fsp3) is 0.267.